The number of nitrogens with one attached hydrogen (secondary N) is 1. The van der Waals surface area contributed by atoms with Crippen molar-refractivity contribution in [3.05, 3.63) is 89.0 Å². The first-order chi connectivity index (χ1) is 17.0. The number of hydrogen-bond acceptors (Lipinski definition) is 3. The Morgan fingerprint density at radius 1 is 0.944 bits per heavy atom. The topological polar surface area (TPSA) is 86.7 Å². The number of amides is 2. The van der Waals surface area contributed by atoms with Gasteiger partial charge in [0.1, 0.15) is 0 Å². The first-order valence-corrected chi connectivity index (χ1v) is 11.2. The van der Waals surface area contributed by atoms with Crippen LogP contribution in [0.3, 0.4) is 0 Å². The summed E-state index contributed by atoms with van der Waals surface area (Å²) in [5.74, 6) is -2.00. The Morgan fingerprint density at radius 2 is 1.61 bits per heavy atom. The average molecular weight is 499 g/mol. The predicted octanol–water partition coefficient (Wildman–Crippen LogP) is 5.73. The highest BCUT2D eigenvalue weighted by Gasteiger charge is 2.30. The molecule has 9 heteroatoms. The molecule has 0 radical (unpaired) electrons. The van der Waals surface area contributed by atoms with Gasteiger partial charge in [0.05, 0.1) is 23.2 Å². The predicted molar refractivity (Wildman–Crippen MR) is 130 cm³/mol. The summed E-state index contributed by atoms with van der Waals surface area (Å²) in [4.78, 5) is 38.9. The summed E-state index contributed by atoms with van der Waals surface area (Å²) in [5, 5.41) is 11.8. The maximum absolute atomic E-state index is 13.3. The van der Waals surface area contributed by atoms with Crippen molar-refractivity contribution in [1.82, 2.24) is 4.90 Å². The van der Waals surface area contributed by atoms with Gasteiger partial charge in [-0.2, -0.15) is 13.2 Å². The van der Waals surface area contributed by atoms with Gasteiger partial charge in [0.2, 0.25) is 0 Å². The zero-order chi connectivity index (χ0) is 26.5. The van der Waals surface area contributed by atoms with E-state index in [-0.39, 0.29) is 29.1 Å². The average Bonchev–Trinajstić information content (AvgIpc) is 2.84. The molecule has 0 atom stereocenters. The van der Waals surface area contributed by atoms with Crippen molar-refractivity contribution in [2.75, 3.05) is 18.9 Å². The van der Waals surface area contributed by atoms with Crippen molar-refractivity contribution in [1.29, 1.82) is 0 Å². The van der Waals surface area contributed by atoms with Crippen LogP contribution in [0.1, 0.15) is 45.2 Å². The van der Waals surface area contributed by atoms with Gasteiger partial charge in [0, 0.05) is 19.2 Å². The zero-order valence-corrected chi connectivity index (χ0v) is 19.7. The minimum absolute atomic E-state index is 0.144. The molecule has 0 aliphatic rings. The normalized spacial score (nSPS) is 11.1. The molecule has 0 fully saturated rings. The lowest BCUT2D eigenvalue weighted by Crippen LogP contribution is -2.29. The number of anilines is 1. The van der Waals surface area contributed by atoms with Gasteiger partial charge in [-0.3, -0.25) is 14.4 Å². The summed E-state index contributed by atoms with van der Waals surface area (Å²) in [7, 11) is 1.61. The number of aliphatic carboxylic acids is 1. The molecule has 0 aliphatic heterocycles. The summed E-state index contributed by atoms with van der Waals surface area (Å²) >= 11 is 0. The van der Waals surface area contributed by atoms with E-state index in [1.54, 1.807) is 25.2 Å². The molecule has 0 unspecified atom stereocenters. The maximum Gasteiger partial charge on any atom is 0.416 e. The molecule has 0 aromatic heterocycles. The van der Waals surface area contributed by atoms with E-state index in [9.17, 15) is 27.6 Å². The lowest BCUT2D eigenvalue weighted by Gasteiger charge is -2.20. The fourth-order valence-corrected chi connectivity index (χ4v) is 3.77. The molecule has 6 nitrogen and oxygen atoms in total. The molecule has 2 amide bonds. The molecule has 0 saturated carbocycles. The zero-order valence-electron chi connectivity index (χ0n) is 19.7. The number of halogens is 3. The van der Waals surface area contributed by atoms with Crippen molar-refractivity contribution < 1.29 is 32.7 Å². The molecule has 36 heavy (non-hydrogen) atoms. The highest BCUT2D eigenvalue weighted by atomic mass is 19.4. The lowest BCUT2D eigenvalue weighted by atomic mass is 9.97. The number of carbonyl (C=O) groups excluding carboxylic acids is 2. The fourth-order valence-electron chi connectivity index (χ4n) is 3.77. The summed E-state index contributed by atoms with van der Waals surface area (Å²) in [5.41, 5.74) is 0.987. The number of hydrogen-bond donors (Lipinski definition) is 2. The molecule has 0 spiro atoms. The lowest BCUT2D eigenvalue weighted by molar-refractivity contribution is -0.138. The summed E-state index contributed by atoms with van der Waals surface area (Å²) in [6.45, 7) is 2.37. The Hall–Kier alpha value is -4.14. The van der Waals surface area contributed by atoms with Crippen molar-refractivity contribution >= 4 is 23.5 Å². The minimum Gasteiger partial charge on any atom is -0.481 e. The van der Waals surface area contributed by atoms with E-state index in [2.05, 4.69) is 5.32 Å². The molecule has 0 saturated heterocycles. The molecule has 3 rings (SSSR count). The second kappa shape index (κ2) is 11.1. The standard InChI is InChI=1S/C27H25F3N2O4/c1-3-14-32(2)26(36)22-15-17(16-24(33)34)8-13-23(22)31-25(35)21-7-5-4-6-20(21)18-9-11-19(12-10-18)27(28,29)30/h4-13,15H,3,14,16H2,1-2H3,(H,31,35)(H,33,34). The Kier molecular flexibility index (Phi) is 8.14. The van der Waals surface area contributed by atoms with Gasteiger partial charge in [-0.05, 0) is 53.4 Å². The summed E-state index contributed by atoms with van der Waals surface area (Å²) < 4.78 is 38.9. The van der Waals surface area contributed by atoms with Gasteiger partial charge in [-0.25, -0.2) is 0 Å². The second-order valence-corrected chi connectivity index (χ2v) is 8.25. The van der Waals surface area contributed by atoms with Crippen LogP contribution in [0.4, 0.5) is 18.9 Å². The van der Waals surface area contributed by atoms with E-state index in [1.807, 2.05) is 6.92 Å². The van der Waals surface area contributed by atoms with Gasteiger partial charge in [0.15, 0.2) is 0 Å². The number of nitrogens with zero attached hydrogens (tertiary/aromatic N) is 1. The quantitative estimate of drug-likeness (QED) is 0.415. The number of benzene rings is 3. The third-order valence-corrected chi connectivity index (χ3v) is 5.52. The van der Waals surface area contributed by atoms with E-state index in [1.165, 1.54) is 41.3 Å². The third-order valence-electron chi connectivity index (χ3n) is 5.52. The second-order valence-electron chi connectivity index (χ2n) is 8.25. The third kappa shape index (κ3) is 6.29. The van der Waals surface area contributed by atoms with Gasteiger partial charge in [-0.1, -0.05) is 43.3 Å². The van der Waals surface area contributed by atoms with Crippen LogP contribution in [0.2, 0.25) is 0 Å². The van der Waals surface area contributed by atoms with Crippen molar-refractivity contribution in [3.8, 4) is 11.1 Å². The van der Waals surface area contributed by atoms with Crippen LogP contribution in [0.5, 0.6) is 0 Å². The molecule has 2 N–H and O–H groups in total. The Bertz CT molecular complexity index is 1270. The van der Waals surface area contributed by atoms with Crippen LogP contribution in [-0.4, -0.2) is 41.4 Å². The molecule has 3 aromatic carbocycles. The monoisotopic (exact) mass is 498 g/mol. The van der Waals surface area contributed by atoms with E-state index >= 15 is 0 Å². The molecule has 188 valence electrons. The Morgan fingerprint density at radius 3 is 2.22 bits per heavy atom. The number of carboxylic acid groups (broad SMARTS) is 1. The molecular weight excluding hydrogens is 473 g/mol. The number of carbonyl (C=O) groups is 3. The van der Waals surface area contributed by atoms with Crippen LogP contribution in [0, 0.1) is 0 Å². The van der Waals surface area contributed by atoms with E-state index < -0.39 is 23.6 Å². The van der Waals surface area contributed by atoms with Crippen LogP contribution >= 0.6 is 0 Å². The van der Waals surface area contributed by atoms with Crippen molar-refractivity contribution in [3.63, 3.8) is 0 Å². The van der Waals surface area contributed by atoms with Gasteiger partial charge >= 0.3 is 12.1 Å². The Balaban J connectivity index is 1.97. The molecule has 0 heterocycles. The van der Waals surface area contributed by atoms with Gasteiger partial charge in [0.25, 0.3) is 11.8 Å². The maximum atomic E-state index is 13.3. The van der Waals surface area contributed by atoms with Crippen molar-refractivity contribution in [2.45, 2.75) is 25.9 Å². The number of alkyl halides is 3. The first-order valence-electron chi connectivity index (χ1n) is 11.2. The highest BCUT2D eigenvalue weighted by Crippen LogP contribution is 2.32. The Labute approximate surface area is 206 Å². The smallest absolute Gasteiger partial charge is 0.416 e. The highest BCUT2D eigenvalue weighted by molar-refractivity contribution is 6.11. The van der Waals surface area contributed by atoms with E-state index in [0.717, 1.165) is 12.1 Å². The van der Waals surface area contributed by atoms with Crippen molar-refractivity contribution in [2.24, 2.45) is 0 Å². The van der Waals surface area contributed by atoms with E-state index in [0.29, 0.717) is 29.7 Å². The van der Waals surface area contributed by atoms with Crippen LogP contribution < -0.4 is 5.32 Å². The summed E-state index contributed by atoms with van der Waals surface area (Å²) in [6.07, 6.45) is -4.06. The van der Waals surface area contributed by atoms with Crippen LogP contribution in [0.25, 0.3) is 11.1 Å². The van der Waals surface area contributed by atoms with Gasteiger partial charge < -0.3 is 15.3 Å². The van der Waals surface area contributed by atoms with E-state index in [4.69, 9.17) is 5.11 Å². The number of rotatable bonds is 8. The largest absolute Gasteiger partial charge is 0.481 e. The molecule has 0 aliphatic carbocycles. The van der Waals surface area contributed by atoms with Crippen LogP contribution in [-0.2, 0) is 17.4 Å². The number of carboxylic acids is 1. The minimum atomic E-state index is -4.48. The molecule has 3 aromatic rings. The fraction of sp³-hybridized carbons (Fsp3) is 0.222. The first kappa shape index (κ1) is 26.5. The molecule has 0 bridgehead atoms. The van der Waals surface area contributed by atoms with Crippen LogP contribution in [0.15, 0.2) is 66.7 Å². The van der Waals surface area contributed by atoms with Gasteiger partial charge in [-0.15, -0.1) is 0 Å². The summed E-state index contributed by atoms with van der Waals surface area (Å²) in [6, 6.07) is 15.4. The molecular formula is C27H25F3N2O4. The SMILES string of the molecule is CCCN(C)C(=O)c1cc(CC(=O)O)ccc1NC(=O)c1ccccc1-c1ccc(C(F)(F)F)cc1.